The lowest BCUT2D eigenvalue weighted by Gasteiger charge is -2.16. The van der Waals surface area contributed by atoms with Crippen LogP contribution in [0.2, 0.25) is 0 Å². The van der Waals surface area contributed by atoms with Crippen LogP contribution in [0, 0.1) is 0 Å². The SMILES string of the molecule is CC(c1ccc(OCC2CO2)cc1)c1ccc(OC(C)C2CO2)cc1. The molecule has 2 fully saturated rings. The van der Waals surface area contributed by atoms with E-state index in [0.717, 1.165) is 24.7 Å². The third-order valence-electron chi connectivity index (χ3n) is 4.80. The molecule has 0 radical (unpaired) electrons. The summed E-state index contributed by atoms with van der Waals surface area (Å²) in [7, 11) is 0. The van der Waals surface area contributed by atoms with Gasteiger partial charge < -0.3 is 18.9 Å². The molecule has 0 aliphatic carbocycles. The van der Waals surface area contributed by atoms with E-state index in [1.807, 2.05) is 31.2 Å². The summed E-state index contributed by atoms with van der Waals surface area (Å²) in [5.74, 6) is 2.11. The van der Waals surface area contributed by atoms with Crippen LogP contribution in [0.5, 0.6) is 11.5 Å². The second-order valence-electron chi connectivity index (χ2n) is 6.82. The molecule has 2 aromatic carbocycles. The molecule has 132 valence electrons. The fourth-order valence-electron chi connectivity index (χ4n) is 2.85. The van der Waals surface area contributed by atoms with Gasteiger partial charge in [-0.25, -0.2) is 0 Å². The monoisotopic (exact) mass is 340 g/mol. The second-order valence-corrected chi connectivity index (χ2v) is 6.82. The van der Waals surface area contributed by atoms with Crippen LogP contribution in [0.25, 0.3) is 0 Å². The van der Waals surface area contributed by atoms with Gasteiger partial charge in [-0.1, -0.05) is 31.2 Å². The zero-order chi connectivity index (χ0) is 17.2. The molecule has 4 heteroatoms. The van der Waals surface area contributed by atoms with E-state index in [4.69, 9.17) is 18.9 Å². The summed E-state index contributed by atoms with van der Waals surface area (Å²) in [5.41, 5.74) is 2.53. The molecule has 0 spiro atoms. The van der Waals surface area contributed by atoms with Gasteiger partial charge in [-0.05, 0) is 42.3 Å². The minimum atomic E-state index is 0.108. The minimum Gasteiger partial charge on any atom is -0.491 e. The Bertz CT molecular complexity index is 687. The van der Waals surface area contributed by atoms with Crippen LogP contribution >= 0.6 is 0 Å². The van der Waals surface area contributed by atoms with E-state index < -0.39 is 0 Å². The smallest absolute Gasteiger partial charge is 0.124 e. The summed E-state index contributed by atoms with van der Waals surface area (Å²) in [6.45, 7) is 6.53. The molecule has 0 N–H and O–H groups in total. The molecule has 0 amide bonds. The Labute approximate surface area is 148 Å². The first-order chi connectivity index (χ1) is 12.2. The zero-order valence-electron chi connectivity index (χ0n) is 14.7. The summed E-state index contributed by atoms with van der Waals surface area (Å²) in [6, 6.07) is 16.7. The van der Waals surface area contributed by atoms with E-state index in [1.54, 1.807) is 0 Å². The normalized spacial score (nSPS) is 23.6. The highest BCUT2D eigenvalue weighted by Gasteiger charge is 2.31. The van der Waals surface area contributed by atoms with Gasteiger partial charge in [0.1, 0.15) is 36.4 Å². The maximum Gasteiger partial charge on any atom is 0.124 e. The molecular weight excluding hydrogens is 316 g/mol. The van der Waals surface area contributed by atoms with Crippen molar-refractivity contribution in [3.63, 3.8) is 0 Å². The Kier molecular flexibility index (Phi) is 4.64. The molecule has 0 bridgehead atoms. The summed E-state index contributed by atoms with van der Waals surface area (Å²) < 4.78 is 22.0. The number of epoxide rings is 2. The lowest BCUT2D eigenvalue weighted by atomic mass is 9.93. The van der Waals surface area contributed by atoms with Crippen molar-refractivity contribution in [3.05, 3.63) is 59.7 Å². The van der Waals surface area contributed by atoms with Crippen LogP contribution in [-0.2, 0) is 9.47 Å². The van der Waals surface area contributed by atoms with Crippen molar-refractivity contribution < 1.29 is 18.9 Å². The highest BCUT2D eigenvalue weighted by molar-refractivity contribution is 5.37. The van der Waals surface area contributed by atoms with Crippen molar-refractivity contribution >= 4 is 0 Å². The molecule has 4 nitrogen and oxygen atoms in total. The second kappa shape index (κ2) is 7.06. The molecule has 2 heterocycles. The standard InChI is InChI=1S/C21H24O4/c1-14(16-3-7-18(8-4-16)22-11-20-12-23-20)17-5-9-19(10-6-17)25-15(2)21-13-24-21/h3-10,14-15,20-21H,11-13H2,1-2H3. The number of hydrogen-bond acceptors (Lipinski definition) is 4. The Hall–Kier alpha value is -2.04. The van der Waals surface area contributed by atoms with Crippen LogP contribution in [0.15, 0.2) is 48.5 Å². The van der Waals surface area contributed by atoms with Gasteiger partial charge in [0.15, 0.2) is 0 Å². The fraction of sp³-hybridized carbons (Fsp3) is 0.429. The van der Waals surface area contributed by atoms with Gasteiger partial charge in [0.2, 0.25) is 0 Å². The molecule has 0 aromatic heterocycles. The third-order valence-corrected chi connectivity index (χ3v) is 4.80. The van der Waals surface area contributed by atoms with Crippen LogP contribution in [-0.4, -0.2) is 38.1 Å². The summed E-state index contributed by atoms with van der Waals surface area (Å²) >= 11 is 0. The summed E-state index contributed by atoms with van der Waals surface area (Å²) in [5, 5.41) is 0. The Morgan fingerprint density at radius 2 is 1.44 bits per heavy atom. The molecule has 2 saturated heterocycles. The first-order valence-corrected chi connectivity index (χ1v) is 8.91. The lowest BCUT2D eigenvalue weighted by Crippen LogP contribution is -2.18. The molecule has 0 saturated carbocycles. The van der Waals surface area contributed by atoms with Gasteiger partial charge in [-0.15, -0.1) is 0 Å². The Balaban J connectivity index is 1.36. The molecule has 4 atom stereocenters. The average Bonchev–Trinajstić information content (AvgIpc) is 3.54. The first-order valence-electron chi connectivity index (χ1n) is 8.91. The number of hydrogen-bond donors (Lipinski definition) is 0. The van der Waals surface area contributed by atoms with E-state index in [-0.39, 0.29) is 18.3 Å². The van der Waals surface area contributed by atoms with Crippen molar-refractivity contribution in [3.8, 4) is 11.5 Å². The third kappa shape index (κ3) is 4.33. The first kappa shape index (κ1) is 16.4. The van der Waals surface area contributed by atoms with E-state index in [2.05, 4.69) is 31.2 Å². The number of ether oxygens (including phenoxy) is 4. The van der Waals surface area contributed by atoms with Gasteiger partial charge in [0, 0.05) is 5.92 Å². The number of benzene rings is 2. The zero-order valence-corrected chi connectivity index (χ0v) is 14.7. The predicted octanol–water partition coefficient (Wildman–Crippen LogP) is 3.78. The molecular formula is C21H24O4. The predicted molar refractivity (Wildman–Crippen MR) is 95.5 cm³/mol. The van der Waals surface area contributed by atoms with Gasteiger partial charge in [0.05, 0.1) is 13.2 Å². The molecule has 4 unspecified atom stereocenters. The minimum absolute atomic E-state index is 0.108. The van der Waals surface area contributed by atoms with E-state index in [9.17, 15) is 0 Å². The molecule has 2 aliphatic heterocycles. The van der Waals surface area contributed by atoms with Crippen LogP contribution in [0.1, 0.15) is 30.9 Å². The Morgan fingerprint density at radius 3 is 1.96 bits per heavy atom. The topological polar surface area (TPSA) is 43.5 Å². The summed E-state index contributed by atoms with van der Waals surface area (Å²) in [6.07, 6.45) is 0.649. The Morgan fingerprint density at radius 1 is 0.880 bits per heavy atom. The molecule has 2 aromatic rings. The van der Waals surface area contributed by atoms with Crippen LogP contribution in [0.4, 0.5) is 0 Å². The van der Waals surface area contributed by atoms with Gasteiger partial charge in [-0.3, -0.25) is 0 Å². The van der Waals surface area contributed by atoms with Crippen LogP contribution in [0.3, 0.4) is 0 Å². The van der Waals surface area contributed by atoms with Crippen LogP contribution < -0.4 is 9.47 Å². The van der Waals surface area contributed by atoms with Crippen molar-refractivity contribution in [2.45, 2.75) is 38.1 Å². The van der Waals surface area contributed by atoms with Crippen molar-refractivity contribution in [2.75, 3.05) is 19.8 Å². The molecule has 4 rings (SSSR count). The average molecular weight is 340 g/mol. The van der Waals surface area contributed by atoms with Crippen molar-refractivity contribution in [1.82, 2.24) is 0 Å². The van der Waals surface area contributed by atoms with Gasteiger partial charge in [0.25, 0.3) is 0 Å². The van der Waals surface area contributed by atoms with Gasteiger partial charge >= 0.3 is 0 Å². The van der Waals surface area contributed by atoms with E-state index in [0.29, 0.717) is 12.5 Å². The highest BCUT2D eigenvalue weighted by Crippen LogP contribution is 2.28. The maximum atomic E-state index is 5.89. The highest BCUT2D eigenvalue weighted by atomic mass is 16.6. The molecule has 2 aliphatic rings. The largest absolute Gasteiger partial charge is 0.491 e. The van der Waals surface area contributed by atoms with Crippen molar-refractivity contribution in [1.29, 1.82) is 0 Å². The lowest BCUT2D eigenvalue weighted by molar-refractivity contribution is 0.176. The van der Waals surface area contributed by atoms with Crippen molar-refractivity contribution in [2.24, 2.45) is 0 Å². The van der Waals surface area contributed by atoms with E-state index in [1.165, 1.54) is 11.1 Å². The van der Waals surface area contributed by atoms with Gasteiger partial charge in [-0.2, -0.15) is 0 Å². The molecule has 25 heavy (non-hydrogen) atoms. The van der Waals surface area contributed by atoms with E-state index >= 15 is 0 Å². The number of rotatable bonds is 8. The maximum absolute atomic E-state index is 5.89. The fourth-order valence-corrected chi connectivity index (χ4v) is 2.85. The summed E-state index contributed by atoms with van der Waals surface area (Å²) in [4.78, 5) is 0. The quantitative estimate of drug-likeness (QED) is 0.686.